The van der Waals surface area contributed by atoms with Gasteiger partial charge in [0, 0.05) is 18.1 Å². The molecule has 4 amide bonds. The van der Waals surface area contributed by atoms with Crippen LogP contribution in [0.5, 0.6) is 5.75 Å². The predicted molar refractivity (Wildman–Crippen MR) is 164 cm³/mol. The van der Waals surface area contributed by atoms with E-state index in [0.717, 1.165) is 21.4 Å². The summed E-state index contributed by atoms with van der Waals surface area (Å²) in [6.45, 7) is 3.45. The van der Waals surface area contributed by atoms with Crippen molar-refractivity contribution in [1.82, 2.24) is 0 Å². The van der Waals surface area contributed by atoms with Crippen molar-refractivity contribution < 1.29 is 33.6 Å². The number of halogens is 2. The molecule has 0 unspecified atom stereocenters. The zero-order chi connectivity index (χ0) is 32.8. The van der Waals surface area contributed by atoms with Crippen molar-refractivity contribution in [2.45, 2.75) is 32.6 Å². The number of carbonyl (C=O) groups excluding carboxylic acids is 4. The van der Waals surface area contributed by atoms with Crippen LogP contribution in [0.1, 0.15) is 36.8 Å². The predicted octanol–water partition coefficient (Wildman–Crippen LogP) is 5.84. The van der Waals surface area contributed by atoms with Crippen LogP contribution in [-0.4, -0.2) is 33.7 Å². The highest BCUT2D eigenvalue weighted by Gasteiger charge is 2.67. The Kier molecular flexibility index (Phi) is 6.68. The van der Waals surface area contributed by atoms with E-state index in [1.807, 2.05) is 6.08 Å². The number of anilines is 2. The molecule has 2 heterocycles. The molecule has 46 heavy (non-hydrogen) atoms. The molecule has 6 atom stereocenters. The highest BCUT2D eigenvalue weighted by molar-refractivity contribution is 6.32. The molecule has 7 rings (SSSR count). The first kappa shape index (κ1) is 29.8. The molecule has 3 aromatic carbocycles. The molecule has 0 radical (unpaired) electrons. The molecule has 0 spiro atoms. The number of fused-ring (bicyclic) bond motifs is 4. The summed E-state index contributed by atoms with van der Waals surface area (Å²) in [6.07, 6.45) is 2.23. The Balaban J connectivity index is 1.35. The minimum Gasteiger partial charge on any atom is -0.508 e. The van der Waals surface area contributed by atoms with Crippen LogP contribution in [-0.2, 0) is 19.2 Å². The van der Waals surface area contributed by atoms with Gasteiger partial charge in [-0.1, -0.05) is 35.4 Å². The first-order valence-corrected chi connectivity index (χ1v) is 15.2. The summed E-state index contributed by atoms with van der Waals surface area (Å²) in [5.74, 6) is -6.27. The number of carbonyl (C=O) groups is 4. The Hall–Kier alpha value is -4.90. The number of benzene rings is 3. The zero-order valence-corrected chi connectivity index (χ0v) is 25.4. The molecule has 10 nitrogen and oxygen atoms in total. The van der Waals surface area contributed by atoms with Crippen molar-refractivity contribution in [3.05, 3.63) is 104 Å². The van der Waals surface area contributed by atoms with Crippen LogP contribution < -0.4 is 9.80 Å². The maximum Gasteiger partial charge on any atom is 0.269 e. The third-order valence-corrected chi connectivity index (χ3v) is 10.6. The average Bonchev–Trinajstić information content (AvgIpc) is 3.39. The van der Waals surface area contributed by atoms with Crippen LogP contribution in [0, 0.1) is 51.9 Å². The third-order valence-electron chi connectivity index (χ3n) is 10.3. The number of phenols is 1. The van der Waals surface area contributed by atoms with Gasteiger partial charge in [0.05, 0.1) is 44.5 Å². The third kappa shape index (κ3) is 4.07. The SMILES string of the molecule is Cc1cc([C@H]2C3=CC[C@@H]4C(=O)N(c5ccc([N+](=O)[O-])cc5)C(=O)[C@@H]4[C@@H]3C[C@H]3C(=O)N(c4ccc(F)c(Cl)c4)C(=O)[C@@]23C)ccc1O. The zero-order valence-electron chi connectivity index (χ0n) is 24.6. The van der Waals surface area contributed by atoms with Gasteiger partial charge in [0.1, 0.15) is 11.6 Å². The highest BCUT2D eigenvalue weighted by Crippen LogP contribution is 2.64. The van der Waals surface area contributed by atoms with Crippen molar-refractivity contribution in [1.29, 1.82) is 0 Å². The lowest BCUT2D eigenvalue weighted by molar-refractivity contribution is -0.384. The van der Waals surface area contributed by atoms with E-state index in [-0.39, 0.29) is 40.7 Å². The number of allylic oxidation sites excluding steroid dienone is 2. The molecule has 2 aliphatic heterocycles. The monoisotopic (exact) mass is 643 g/mol. The number of aryl methyl sites for hydroxylation is 1. The number of non-ortho nitro benzene ring substituents is 1. The minimum atomic E-state index is -1.32. The largest absolute Gasteiger partial charge is 0.508 e. The highest BCUT2D eigenvalue weighted by atomic mass is 35.5. The number of phenolic OH excluding ortho intramolecular Hbond substituents is 1. The van der Waals surface area contributed by atoms with Crippen molar-refractivity contribution in [3.63, 3.8) is 0 Å². The Bertz CT molecular complexity index is 1930. The number of hydrogen-bond donors (Lipinski definition) is 1. The quantitative estimate of drug-likeness (QED) is 0.163. The van der Waals surface area contributed by atoms with Crippen molar-refractivity contribution >= 4 is 52.3 Å². The van der Waals surface area contributed by atoms with Gasteiger partial charge >= 0.3 is 0 Å². The molecule has 234 valence electrons. The number of hydrogen-bond acceptors (Lipinski definition) is 7. The van der Waals surface area contributed by atoms with E-state index in [2.05, 4.69) is 0 Å². The molecular weight excluding hydrogens is 617 g/mol. The summed E-state index contributed by atoms with van der Waals surface area (Å²) in [5, 5.41) is 21.3. The lowest BCUT2D eigenvalue weighted by Gasteiger charge is -2.49. The summed E-state index contributed by atoms with van der Waals surface area (Å²) in [4.78, 5) is 69.3. The first-order valence-electron chi connectivity index (χ1n) is 14.8. The van der Waals surface area contributed by atoms with Gasteiger partial charge in [-0.2, -0.15) is 0 Å². The molecule has 1 N–H and O–H groups in total. The molecule has 12 heteroatoms. The van der Waals surface area contributed by atoms with Gasteiger partial charge in [0.15, 0.2) is 0 Å². The smallest absolute Gasteiger partial charge is 0.269 e. The number of nitro groups is 1. The fourth-order valence-corrected chi connectivity index (χ4v) is 8.28. The van der Waals surface area contributed by atoms with Gasteiger partial charge in [-0.3, -0.25) is 34.2 Å². The lowest BCUT2D eigenvalue weighted by atomic mass is 9.51. The number of amides is 4. The van der Waals surface area contributed by atoms with Crippen LogP contribution in [0.3, 0.4) is 0 Å². The van der Waals surface area contributed by atoms with Crippen LogP contribution >= 0.6 is 11.6 Å². The molecule has 2 saturated heterocycles. The van der Waals surface area contributed by atoms with E-state index in [4.69, 9.17) is 11.6 Å². The topological polar surface area (TPSA) is 138 Å². The van der Waals surface area contributed by atoms with Crippen molar-refractivity contribution in [2.24, 2.45) is 29.1 Å². The fraction of sp³-hybridized carbons (Fsp3) is 0.294. The maximum atomic E-state index is 14.4. The molecule has 0 aromatic heterocycles. The van der Waals surface area contributed by atoms with Gasteiger partial charge in [-0.25, -0.2) is 9.29 Å². The number of nitrogens with zero attached hydrogens (tertiary/aromatic N) is 3. The van der Waals surface area contributed by atoms with Crippen molar-refractivity contribution in [2.75, 3.05) is 9.80 Å². The van der Waals surface area contributed by atoms with E-state index in [0.29, 0.717) is 11.1 Å². The van der Waals surface area contributed by atoms with E-state index in [1.54, 1.807) is 26.0 Å². The summed E-state index contributed by atoms with van der Waals surface area (Å²) >= 11 is 6.05. The second-order valence-electron chi connectivity index (χ2n) is 12.6. The van der Waals surface area contributed by atoms with E-state index < -0.39 is 69.4 Å². The fourth-order valence-electron chi connectivity index (χ4n) is 8.10. The van der Waals surface area contributed by atoms with Crippen LogP contribution in [0.4, 0.5) is 21.5 Å². The number of rotatable bonds is 4. The van der Waals surface area contributed by atoms with Gasteiger partial charge in [0.25, 0.3) is 5.69 Å². The van der Waals surface area contributed by atoms with E-state index in [9.17, 15) is 38.8 Å². The van der Waals surface area contributed by atoms with Gasteiger partial charge in [-0.05, 0) is 80.1 Å². The molecular formula is C34H27ClFN3O7. The molecule has 3 fully saturated rings. The number of imide groups is 2. The van der Waals surface area contributed by atoms with Gasteiger partial charge in [0.2, 0.25) is 23.6 Å². The van der Waals surface area contributed by atoms with E-state index in [1.165, 1.54) is 42.5 Å². The normalized spacial score (nSPS) is 28.6. The van der Waals surface area contributed by atoms with Crippen molar-refractivity contribution in [3.8, 4) is 5.75 Å². The molecule has 0 bridgehead atoms. The van der Waals surface area contributed by atoms with Crippen LogP contribution in [0.15, 0.2) is 72.3 Å². The Labute approximate surface area is 267 Å². The summed E-state index contributed by atoms with van der Waals surface area (Å²) < 4.78 is 14.1. The lowest BCUT2D eigenvalue weighted by Crippen LogP contribution is -2.48. The minimum absolute atomic E-state index is 0.0576. The Morgan fingerprint density at radius 3 is 2.28 bits per heavy atom. The van der Waals surface area contributed by atoms with Crippen LogP contribution in [0.2, 0.25) is 5.02 Å². The Morgan fingerprint density at radius 1 is 0.935 bits per heavy atom. The maximum absolute atomic E-state index is 14.4. The van der Waals surface area contributed by atoms with E-state index >= 15 is 0 Å². The van der Waals surface area contributed by atoms with Gasteiger partial charge in [-0.15, -0.1) is 0 Å². The second kappa shape index (κ2) is 10.3. The van der Waals surface area contributed by atoms with Crippen LogP contribution in [0.25, 0.3) is 0 Å². The number of nitro benzene ring substituents is 1. The second-order valence-corrected chi connectivity index (χ2v) is 13.0. The summed E-state index contributed by atoms with van der Waals surface area (Å²) in [5.41, 5.74) is 0.834. The van der Waals surface area contributed by atoms with Gasteiger partial charge < -0.3 is 5.11 Å². The molecule has 1 saturated carbocycles. The molecule has 4 aliphatic rings. The average molecular weight is 644 g/mol. The molecule has 3 aromatic rings. The molecule has 2 aliphatic carbocycles. The summed E-state index contributed by atoms with van der Waals surface area (Å²) in [6, 6.07) is 13.8. The summed E-state index contributed by atoms with van der Waals surface area (Å²) in [7, 11) is 0. The standard InChI is InChI=1S/C34H27ClFN3O7/c1-16-13-17(3-12-27(16)40)29-21-9-10-22-28(32(43)37(30(22)41)18-4-6-19(7-5-18)39(45)46)23(21)15-24-31(42)38(33(44)34(24,29)2)20-8-11-26(36)25(35)14-20/h3-9,11-14,22-24,28-29,40H,10,15H2,1-2H3/t22-,23+,24-,28-,29-,34+/m0/s1. The Morgan fingerprint density at radius 2 is 1.63 bits per heavy atom. The first-order chi connectivity index (χ1) is 21.8. The number of aromatic hydroxyl groups is 1.